The number of piperidine rings is 1. The molecule has 7 nitrogen and oxygen atoms in total. The van der Waals surface area contributed by atoms with Crippen molar-refractivity contribution in [1.82, 2.24) is 19.9 Å². The number of hydrogen-bond acceptors (Lipinski definition) is 5. The first kappa shape index (κ1) is 11.2. The summed E-state index contributed by atoms with van der Waals surface area (Å²) >= 11 is 0. The van der Waals surface area contributed by atoms with Gasteiger partial charge in [-0.2, -0.15) is 4.98 Å². The molecule has 0 spiro atoms. The van der Waals surface area contributed by atoms with Crippen LogP contribution in [0.2, 0.25) is 0 Å². The third-order valence-corrected chi connectivity index (χ3v) is 3.49. The van der Waals surface area contributed by atoms with Crippen LogP contribution in [-0.2, 0) is 16.1 Å². The molecule has 1 unspecified atom stereocenters. The van der Waals surface area contributed by atoms with E-state index in [1.807, 2.05) is 0 Å². The molecule has 7 heteroatoms. The SMILES string of the molecule is O=C1C2CCCCN2C(=O)CN1Cc1ncon1. The van der Waals surface area contributed by atoms with E-state index in [0.717, 1.165) is 19.3 Å². The Balaban J connectivity index is 1.76. The summed E-state index contributed by atoms with van der Waals surface area (Å²) in [4.78, 5) is 31.4. The lowest BCUT2D eigenvalue weighted by molar-refractivity contribution is -0.158. The van der Waals surface area contributed by atoms with Gasteiger partial charge in [-0.05, 0) is 19.3 Å². The maximum Gasteiger partial charge on any atom is 0.246 e. The minimum absolute atomic E-state index is 0.000833. The monoisotopic (exact) mass is 250 g/mol. The van der Waals surface area contributed by atoms with E-state index in [0.29, 0.717) is 12.4 Å². The Kier molecular flexibility index (Phi) is 2.73. The second-order valence-electron chi connectivity index (χ2n) is 4.64. The van der Waals surface area contributed by atoms with Crippen LogP contribution in [0.25, 0.3) is 0 Å². The Hall–Kier alpha value is -1.92. The predicted molar refractivity (Wildman–Crippen MR) is 59.1 cm³/mol. The quantitative estimate of drug-likeness (QED) is 0.725. The zero-order chi connectivity index (χ0) is 12.5. The van der Waals surface area contributed by atoms with E-state index in [2.05, 4.69) is 14.7 Å². The van der Waals surface area contributed by atoms with Crippen molar-refractivity contribution in [2.45, 2.75) is 31.8 Å². The molecule has 2 fully saturated rings. The molecule has 0 aromatic carbocycles. The topological polar surface area (TPSA) is 79.5 Å². The zero-order valence-electron chi connectivity index (χ0n) is 9.91. The molecule has 0 radical (unpaired) electrons. The molecule has 2 aliphatic rings. The first-order chi connectivity index (χ1) is 8.75. The molecule has 0 bridgehead atoms. The van der Waals surface area contributed by atoms with Crippen LogP contribution in [0.5, 0.6) is 0 Å². The van der Waals surface area contributed by atoms with Crippen LogP contribution in [-0.4, -0.2) is 50.9 Å². The number of carbonyl (C=O) groups excluding carboxylic acids is 2. The molecule has 1 atom stereocenters. The van der Waals surface area contributed by atoms with Crippen molar-refractivity contribution in [3.8, 4) is 0 Å². The lowest BCUT2D eigenvalue weighted by atomic mass is 9.98. The third-order valence-electron chi connectivity index (χ3n) is 3.49. The first-order valence-electron chi connectivity index (χ1n) is 6.09. The number of piperazine rings is 1. The van der Waals surface area contributed by atoms with Crippen molar-refractivity contribution >= 4 is 11.8 Å². The molecule has 3 heterocycles. The summed E-state index contributed by atoms with van der Waals surface area (Å²) in [7, 11) is 0. The van der Waals surface area contributed by atoms with Crippen molar-refractivity contribution in [2.75, 3.05) is 13.1 Å². The minimum atomic E-state index is -0.285. The fourth-order valence-corrected chi connectivity index (χ4v) is 2.60. The van der Waals surface area contributed by atoms with E-state index in [1.165, 1.54) is 11.3 Å². The normalized spacial score (nSPS) is 24.3. The van der Waals surface area contributed by atoms with Gasteiger partial charge >= 0.3 is 0 Å². The van der Waals surface area contributed by atoms with Gasteiger partial charge < -0.3 is 14.3 Å². The van der Waals surface area contributed by atoms with Crippen LogP contribution >= 0.6 is 0 Å². The average Bonchev–Trinajstić information content (AvgIpc) is 2.89. The van der Waals surface area contributed by atoms with Crippen molar-refractivity contribution in [3.63, 3.8) is 0 Å². The summed E-state index contributed by atoms with van der Waals surface area (Å²) in [6, 6.07) is -0.285. The molecule has 1 aromatic rings. The van der Waals surface area contributed by atoms with Crippen molar-refractivity contribution in [2.24, 2.45) is 0 Å². The van der Waals surface area contributed by atoms with E-state index < -0.39 is 0 Å². The van der Waals surface area contributed by atoms with Gasteiger partial charge in [-0.15, -0.1) is 0 Å². The highest BCUT2D eigenvalue weighted by atomic mass is 16.5. The first-order valence-corrected chi connectivity index (χ1v) is 6.09. The van der Waals surface area contributed by atoms with E-state index >= 15 is 0 Å². The summed E-state index contributed by atoms with van der Waals surface area (Å²) in [5.74, 6) is 0.447. The summed E-state index contributed by atoms with van der Waals surface area (Å²) in [5.41, 5.74) is 0. The van der Waals surface area contributed by atoms with Gasteiger partial charge in [-0.1, -0.05) is 5.16 Å². The van der Waals surface area contributed by atoms with Crippen LogP contribution < -0.4 is 0 Å². The molecule has 0 N–H and O–H groups in total. The van der Waals surface area contributed by atoms with Gasteiger partial charge in [0.25, 0.3) is 0 Å². The Labute approximate surface area is 104 Å². The smallest absolute Gasteiger partial charge is 0.246 e. The van der Waals surface area contributed by atoms with E-state index in [1.54, 1.807) is 4.90 Å². The van der Waals surface area contributed by atoms with E-state index in [9.17, 15) is 9.59 Å². The van der Waals surface area contributed by atoms with E-state index in [4.69, 9.17) is 0 Å². The summed E-state index contributed by atoms with van der Waals surface area (Å²) < 4.78 is 4.63. The van der Waals surface area contributed by atoms with Crippen LogP contribution in [0, 0.1) is 0 Å². The molecule has 2 amide bonds. The predicted octanol–water partition coefficient (Wildman–Crippen LogP) is -0.207. The fourth-order valence-electron chi connectivity index (χ4n) is 2.60. The molecule has 1 aromatic heterocycles. The van der Waals surface area contributed by atoms with E-state index in [-0.39, 0.29) is 30.9 Å². The number of aromatic nitrogens is 2. The second kappa shape index (κ2) is 4.40. The molecule has 18 heavy (non-hydrogen) atoms. The molecular formula is C11H14N4O3. The third kappa shape index (κ3) is 1.85. The maximum absolute atomic E-state index is 12.3. The molecule has 2 aliphatic heterocycles. The van der Waals surface area contributed by atoms with Gasteiger partial charge in [-0.25, -0.2) is 0 Å². The molecule has 0 saturated carbocycles. The summed E-state index contributed by atoms with van der Waals surface area (Å²) in [6.07, 6.45) is 3.96. The molecule has 2 saturated heterocycles. The van der Waals surface area contributed by atoms with Gasteiger partial charge in [0.15, 0.2) is 5.82 Å². The molecule has 96 valence electrons. The van der Waals surface area contributed by atoms with Crippen LogP contribution in [0.4, 0.5) is 0 Å². The minimum Gasteiger partial charge on any atom is -0.343 e. The Morgan fingerprint density at radius 1 is 1.39 bits per heavy atom. The van der Waals surface area contributed by atoms with Crippen molar-refractivity contribution in [3.05, 3.63) is 12.2 Å². The number of amides is 2. The van der Waals surface area contributed by atoms with Gasteiger partial charge in [0.1, 0.15) is 12.6 Å². The number of fused-ring (bicyclic) bond motifs is 1. The van der Waals surface area contributed by atoms with Crippen LogP contribution in [0.3, 0.4) is 0 Å². The van der Waals surface area contributed by atoms with Crippen molar-refractivity contribution < 1.29 is 14.1 Å². The second-order valence-corrected chi connectivity index (χ2v) is 4.64. The molecule has 0 aliphatic carbocycles. The maximum atomic E-state index is 12.3. The van der Waals surface area contributed by atoms with Crippen LogP contribution in [0.1, 0.15) is 25.1 Å². The molecule has 3 rings (SSSR count). The fraction of sp³-hybridized carbons (Fsp3) is 0.636. The summed E-state index contributed by atoms with van der Waals surface area (Å²) in [5, 5.41) is 3.67. The van der Waals surface area contributed by atoms with Gasteiger partial charge in [0.2, 0.25) is 18.2 Å². The molecular weight excluding hydrogens is 236 g/mol. The number of nitrogens with zero attached hydrogens (tertiary/aromatic N) is 4. The number of rotatable bonds is 2. The Morgan fingerprint density at radius 2 is 2.28 bits per heavy atom. The number of hydrogen-bond donors (Lipinski definition) is 0. The van der Waals surface area contributed by atoms with Gasteiger partial charge in [0, 0.05) is 6.54 Å². The highest BCUT2D eigenvalue weighted by Gasteiger charge is 2.40. The zero-order valence-corrected chi connectivity index (χ0v) is 9.91. The average molecular weight is 250 g/mol. The van der Waals surface area contributed by atoms with Gasteiger partial charge in [-0.3, -0.25) is 9.59 Å². The largest absolute Gasteiger partial charge is 0.343 e. The van der Waals surface area contributed by atoms with Crippen molar-refractivity contribution in [1.29, 1.82) is 0 Å². The highest BCUT2D eigenvalue weighted by Crippen LogP contribution is 2.23. The van der Waals surface area contributed by atoms with Crippen LogP contribution in [0.15, 0.2) is 10.9 Å². The Bertz CT molecular complexity index is 459. The summed E-state index contributed by atoms with van der Waals surface area (Å²) in [6.45, 7) is 1.06. The number of carbonyl (C=O) groups is 2. The lowest BCUT2D eigenvalue weighted by Crippen LogP contribution is -2.60. The Morgan fingerprint density at radius 3 is 3.06 bits per heavy atom. The highest BCUT2D eigenvalue weighted by molar-refractivity contribution is 5.94. The lowest BCUT2D eigenvalue weighted by Gasteiger charge is -2.42. The van der Waals surface area contributed by atoms with Gasteiger partial charge in [0.05, 0.1) is 6.54 Å². The standard InChI is InChI=1S/C11H14N4O3/c16-10-6-14(5-9-12-7-18-13-9)11(17)8-3-1-2-4-15(8)10/h7-8H,1-6H2.